The van der Waals surface area contributed by atoms with Crippen LogP contribution >= 0.6 is 15.9 Å². The summed E-state index contributed by atoms with van der Waals surface area (Å²) in [5.74, 6) is 0.186. The average molecular weight is 277 g/mol. The minimum atomic E-state index is -0.377. The van der Waals surface area contributed by atoms with Crippen LogP contribution in [0.5, 0.6) is 0 Å². The Bertz CT molecular complexity index is 290. The summed E-state index contributed by atoms with van der Waals surface area (Å²) in [7, 11) is 2.90. The van der Waals surface area contributed by atoms with Gasteiger partial charge in [0.25, 0.3) is 0 Å². The number of esters is 1. The van der Waals surface area contributed by atoms with Crippen molar-refractivity contribution in [3.05, 3.63) is 23.0 Å². The molecule has 0 saturated carbocycles. The molecule has 0 aliphatic rings. The van der Waals surface area contributed by atoms with Crippen molar-refractivity contribution in [3.63, 3.8) is 0 Å². The van der Waals surface area contributed by atoms with Crippen molar-refractivity contribution in [2.75, 3.05) is 14.2 Å². The fraction of sp³-hybridized carbons (Fsp3) is 0.545. The van der Waals surface area contributed by atoms with Crippen LogP contribution in [0.25, 0.3) is 0 Å². The molecule has 86 valence electrons. The number of ether oxygens (including phenoxy) is 2. The summed E-state index contributed by atoms with van der Waals surface area (Å²) in [6.45, 7) is 5.63. The molecular formula is C11H17BrO3. The lowest BCUT2D eigenvalue weighted by molar-refractivity contribution is -0.136. The van der Waals surface area contributed by atoms with Crippen molar-refractivity contribution in [1.82, 2.24) is 0 Å². The van der Waals surface area contributed by atoms with E-state index in [1.165, 1.54) is 7.11 Å². The second-order valence-corrected chi connectivity index (χ2v) is 4.40. The van der Waals surface area contributed by atoms with Gasteiger partial charge < -0.3 is 9.47 Å². The third-order valence-corrected chi connectivity index (χ3v) is 2.50. The quantitative estimate of drug-likeness (QED) is 0.260. The Kier molecular flexibility index (Phi) is 6.32. The van der Waals surface area contributed by atoms with Gasteiger partial charge in [0.05, 0.1) is 19.8 Å². The van der Waals surface area contributed by atoms with Gasteiger partial charge in [-0.1, -0.05) is 22.0 Å². The van der Waals surface area contributed by atoms with Crippen LogP contribution in [-0.4, -0.2) is 25.0 Å². The summed E-state index contributed by atoms with van der Waals surface area (Å²) in [6.07, 6.45) is 1.89. The van der Waals surface area contributed by atoms with Crippen LogP contribution in [0.1, 0.15) is 20.8 Å². The first-order chi connectivity index (χ1) is 6.99. The van der Waals surface area contributed by atoms with Crippen molar-refractivity contribution in [2.45, 2.75) is 25.6 Å². The molecule has 0 aromatic heterocycles. The third kappa shape index (κ3) is 3.70. The van der Waals surface area contributed by atoms with Crippen LogP contribution in [-0.2, 0) is 14.3 Å². The zero-order chi connectivity index (χ0) is 12.0. The zero-order valence-corrected chi connectivity index (χ0v) is 11.3. The first-order valence-corrected chi connectivity index (χ1v) is 5.54. The normalized spacial score (nSPS) is 15.5. The van der Waals surface area contributed by atoms with E-state index in [2.05, 4.69) is 15.9 Å². The Morgan fingerprint density at radius 3 is 2.13 bits per heavy atom. The van der Waals surface area contributed by atoms with E-state index in [0.29, 0.717) is 11.3 Å². The van der Waals surface area contributed by atoms with E-state index >= 15 is 0 Å². The lowest BCUT2D eigenvalue weighted by atomic mass is 10.1. The van der Waals surface area contributed by atoms with Crippen molar-refractivity contribution in [3.8, 4) is 0 Å². The molecule has 0 rings (SSSR count). The largest absolute Gasteiger partial charge is 0.496 e. The number of carbonyl (C=O) groups is 1. The molecular weight excluding hydrogens is 260 g/mol. The SMILES string of the molecule is C/C=C(C)\C(OC)=C(\C(=O)OC)C(C)Br. The summed E-state index contributed by atoms with van der Waals surface area (Å²) in [4.78, 5) is 11.4. The zero-order valence-electron chi connectivity index (χ0n) is 9.76. The highest BCUT2D eigenvalue weighted by atomic mass is 79.9. The highest BCUT2D eigenvalue weighted by Crippen LogP contribution is 2.23. The van der Waals surface area contributed by atoms with Gasteiger partial charge in [0.2, 0.25) is 0 Å². The fourth-order valence-corrected chi connectivity index (χ4v) is 1.55. The molecule has 0 bridgehead atoms. The summed E-state index contributed by atoms with van der Waals surface area (Å²) >= 11 is 3.36. The molecule has 0 radical (unpaired) electrons. The van der Waals surface area contributed by atoms with Gasteiger partial charge >= 0.3 is 5.97 Å². The molecule has 0 aliphatic carbocycles. The second-order valence-electron chi connectivity index (χ2n) is 3.03. The highest BCUT2D eigenvalue weighted by molar-refractivity contribution is 9.09. The second kappa shape index (κ2) is 6.67. The van der Waals surface area contributed by atoms with Gasteiger partial charge in [0.15, 0.2) is 0 Å². The summed E-state index contributed by atoms with van der Waals surface area (Å²) < 4.78 is 9.95. The van der Waals surface area contributed by atoms with Crippen LogP contribution in [0, 0.1) is 0 Å². The molecule has 0 aromatic carbocycles. The third-order valence-electron chi connectivity index (χ3n) is 2.04. The van der Waals surface area contributed by atoms with Crippen molar-refractivity contribution in [1.29, 1.82) is 0 Å². The molecule has 4 heteroatoms. The van der Waals surface area contributed by atoms with E-state index < -0.39 is 0 Å². The Labute approximate surface area is 99.3 Å². The molecule has 0 N–H and O–H groups in total. The van der Waals surface area contributed by atoms with E-state index in [4.69, 9.17) is 9.47 Å². The van der Waals surface area contributed by atoms with Gasteiger partial charge in [0, 0.05) is 4.83 Å². The number of rotatable bonds is 4. The number of carbonyl (C=O) groups excluding carboxylic acids is 1. The molecule has 0 aliphatic heterocycles. The maximum Gasteiger partial charge on any atom is 0.338 e. The van der Waals surface area contributed by atoms with Crippen LogP contribution < -0.4 is 0 Å². The van der Waals surface area contributed by atoms with Crippen molar-refractivity contribution in [2.24, 2.45) is 0 Å². The molecule has 0 aromatic rings. The number of methoxy groups -OCH3 is 2. The van der Waals surface area contributed by atoms with Gasteiger partial charge in [-0.15, -0.1) is 0 Å². The summed E-state index contributed by atoms with van der Waals surface area (Å²) in [5, 5.41) is 0. The molecule has 0 spiro atoms. The van der Waals surface area contributed by atoms with Crippen LogP contribution in [0.2, 0.25) is 0 Å². The summed E-state index contributed by atoms with van der Waals surface area (Å²) in [6, 6.07) is 0. The van der Waals surface area contributed by atoms with Crippen LogP contribution in [0.4, 0.5) is 0 Å². The Balaban J connectivity index is 5.48. The van der Waals surface area contributed by atoms with E-state index in [1.54, 1.807) is 7.11 Å². The summed E-state index contributed by atoms with van der Waals surface area (Å²) in [5.41, 5.74) is 1.40. The minimum absolute atomic E-state index is 0.116. The molecule has 15 heavy (non-hydrogen) atoms. The smallest absolute Gasteiger partial charge is 0.338 e. The lowest BCUT2D eigenvalue weighted by Gasteiger charge is -2.14. The maximum absolute atomic E-state index is 11.6. The molecule has 1 unspecified atom stereocenters. The van der Waals surface area contributed by atoms with Gasteiger partial charge in [-0.25, -0.2) is 4.79 Å². The van der Waals surface area contributed by atoms with E-state index in [1.807, 2.05) is 26.8 Å². The highest BCUT2D eigenvalue weighted by Gasteiger charge is 2.22. The first kappa shape index (κ1) is 14.2. The average Bonchev–Trinajstić information content (AvgIpc) is 2.22. The standard InChI is InChI=1S/C11H17BrO3/c1-6-7(2)10(14-4)9(8(3)12)11(13)15-5/h6,8H,1-5H3/b7-6-,10-9-. The van der Waals surface area contributed by atoms with Crippen LogP contribution in [0.3, 0.4) is 0 Å². The molecule has 0 amide bonds. The Morgan fingerprint density at radius 2 is 1.87 bits per heavy atom. The number of halogens is 1. The van der Waals surface area contributed by atoms with Gasteiger partial charge in [-0.2, -0.15) is 0 Å². The van der Waals surface area contributed by atoms with Gasteiger partial charge in [-0.3, -0.25) is 0 Å². The molecule has 0 fully saturated rings. The number of hydrogen-bond acceptors (Lipinski definition) is 3. The molecule has 3 nitrogen and oxygen atoms in total. The van der Waals surface area contributed by atoms with Crippen LogP contribution in [0.15, 0.2) is 23.0 Å². The number of allylic oxidation sites excluding steroid dienone is 2. The molecule has 0 heterocycles. The number of hydrogen-bond donors (Lipinski definition) is 0. The monoisotopic (exact) mass is 276 g/mol. The van der Waals surface area contributed by atoms with E-state index in [0.717, 1.165) is 5.57 Å². The van der Waals surface area contributed by atoms with Crippen molar-refractivity contribution < 1.29 is 14.3 Å². The van der Waals surface area contributed by atoms with E-state index in [-0.39, 0.29) is 10.8 Å². The fourth-order valence-electron chi connectivity index (χ4n) is 1.16. The molecule has 1 atom stereocenters. The lowest BCUT2D eigenvalue weighted by Crippen LogP contribution is -2.16. The predicted octanol–water partition coefficient (Wildman–Crippen LogP) is 2.81. The Hall–Kier alpha value is -0.770. The van der Waals surface area contributed by atoms with Crippen molar-refractivity contribution >= 4 is 21.9 Å². The van der Waals surface area contributed by atoms with Gasteiger partial charge in [0.1, 0.15) is 5.76 Å². The molecule has 0 saturated heterocycles. The number of alkyl halides is 1. The topological polar surface area (TPSA) is 35.5 Å². The predicted molar refractivity (Wildman–Crippen MR) is 63.9 cm³/mol. The maximum atomic E-state index is 11.6. The Morgan fingerprint density at radius 1 is 1.33 bits per heavy atom. The van der Waals surface area contributed by atoms with E-state index in [9.17, 15) is 4.79 Å². The minimum Gasteiger partial charge on any atom is -0.496 e. The first-order valence-electron chi connectivity index (χ1n) is 4.63. The van der Waals surface area contributed by atoms with Gasteiger partial charge in [-0.05, 0) is 26.3 Å².